The van der Waals surface area contributed by atoms with Crippen molar-refractivity contribution in [2.24, 2.45) is 0 Å². The van der Waals surface area contributed by atoms with Crippen molar-refractivity contribution < 1.29 is 32.6 Å². The monoisotopic (exact) mass is 502 g/mol. The second-order valence-corrected chi connectivity index (χ2v) is 8.51. The van der Waals surface area contributed by atoms with Crippen LogP contribution in [0.2, 0.25) is 0 Å². The van der Waals surface area contributed by atoms with Gasteiger partial charge in [-0.3, -0.25) is 14.8 Å². The fourth-order valence-corrected chi connectivity index (χ4v) is 4.37. The molecule has 0 unspecified atom stereocenters. The number of nitrogens with one attached hydrogen (secondary N) is 2. The molecule has 188 valence electrons. The summed E-state index contributed by atoms with van der Waals surface area (Å²) in [7, 11) is 0. The van der Waals surface area contributed by atoms with Crippen LogP contribution in [-0.4, -0.2) is 62.9 Å². The molecule has 0 bridgehead atoms. The highest BCUT2D eigenvalue weighted by Gasteiger charge is 2.35. The van der Waals surface area contributed by atoms with Crippen molar-refractivity contribution in [3.63, 3.8) is 0 Å². The molecule has 2 aromatic heterocycles. The molecule has 0 saturated carbocycles. The van der Waals surface area contributed by atoms with Crippen molar-refractivity contribution >= 4 is 17.9 Å². The van der Waals surface area contributed by atoms with Crippen molar-refractivity contribution in [2.75, 3.05) is 24.5 Å². The average molecular weight is 502 g/mol. The van der Waals surface area contributed by atoms with E-state index in [-0.39, 0.29) is 6.54 Å². The van der Waals surface area contributed by atoms with Gasteiger partial charge in [0.2, 0.25) is 0 Å². The number of pyridine rings is 1. The van der Waals surface area contributed by atoms with Gasteiger partial charge in [0.1, 0.15) is 17.6 Å². The molecule has 3 N–H and O–H groups in total. The van der Waals surface area contributed by atoms with Crippen LogP contribution in [0, 0.1) is 0 Å². The molecule has 1 saturated heterocycles. The maximum atomic E-state index is 12.8. The number of rotatable bonds is 5. The Kier molecular flexibility index (Phi) is 6.00. The van der Waals surface area contributed by atoms with E-state index >= 15 is 0 Å². The van der Waals surface area contributed by atoms with Crippen LogP contribution in [0.15, 0.2) is 42.7 Å². The van der Waals surface area contributed by atoms with E-state index in [2.05, 4.69) is 20.5 Å². The molecule has 2 aliphatic heterocycles. The second-order valence-electron chi connectivity index (χ2n) is 8.51. The summed E-state index contributed by atoms with van der Waals surface area (Å²) >= 11 is 0. The van der Waals surface area contributed by atoms with Crippen LogP contribution in [0.3, 0.4) is 0 Å². The highest BCUT2D eigenvalue weighted by atomic mass is 19.4. The zero-order valence-corrected chi connectivity index (χ0v) is 18.7. The minimum absolute atomic E-state index is 0.0662. The Bertz CT molecular complexity index is 1290. The van der Waals surface area contributed by atoms with Gasteiger partial charge in [-0.05, 0) is 30.3 Å². The number of anilines is 1. The normalized spacial score (nSPS) is 18.4. The van der Waals surface area contributed by atoms with Crippen molar-refractivity contribution in [3.05, 3.63) is 59.4 Å². The van der Waals surface area contributed by atoms with E-state index in [1.165, 1.54) is 6.07 Å². The highest BCUT2D eigenvalue weighted by Crippen LogP contribution is 2.32. The molecule has 10 nitrogen and oxygen atoms in total. The number of aromatic amines is 1. The lowest BCUT2D eigenvalue weighted by atomic mass is 10.0. The van der Waals surface area contributed by atoms with Gasteiger partial charge in [-0.1, -0.05) is 0 Å². The molecular weight excluding hydrogens is 481 g/mol. The minimum Gasteiger partial charge on any atom is -0.480 e. The molecule has 0 radical (unpaired) electrons. The second kappa shape index (κ2) is 9.15. The van der Waals surface area contributed by atoms with Gasteiger partial charge in [-0.2, -0.15) is 18.3 Å². The summed E-state index contributed by atoms with van der Waals surface area (Å²) in [6.07, 6.45) is -2.61. The van der Waals surface area contributed by atoms with E-state index in [9.17, 15) is 27.9 Å². The van der Waals surface area contributed by atoms with Gasteiger partial charge in [-0.25, -0.2) is 9.78 Å². The lowest BCUT2D eigenvalue weighted by molar-refractivity contribution is -0.143. The van der Waals surface area contributed by atoms with Crippen molar-refractivity contribution in [1.29, 1.82) is 0 Å². The lowest BCUT2D eigenvalue weighted by Crippen LogP contribution is -2.56. The molecule has 3 aromatic rings. The van der Waals surface area contributed by atoms with Gasteiger partial charge in [0.05, 0.1) is 17.5 Å². The summed E-state index contributed by atoms with van der Waals surface area (Å²) in [5.74, 6) is -0.276. The van der Waals surface area contributed by atoms with Crippen LogP contribution >= 0.6 is 0 Å². The maximum Gasteiger partial charge on any atom is 0.417 e. The number of hydrogen-bond donors (Lipinski definition) is 3. The number of alkyl halides is 3. The van der Waals surface area contributed by atoms with Crippen LogP contribution in [0.25, 0.3) is 11.3 Å². The molecule has 5 rings (SSSR count). The highest BCUT2D eigenvalue weighted by molar-refractivity contribution is 5.76. The summed E-state index contributed by atoms with van der Waals surface area (Å²) in [4.78, 5) is 30.9. The Morgan fingerprint density at radius 3 is 2.75 bits per heavy atom. The van der Waals surface area contributed by atoms with Crippen LogP contribution in [0.1, 0.15) is 16.7 Å². The number of benzene rings is 1. The third kappa shape index (κ3) is 4.69. The van der Waals surface area contributed by atoms with Crippen molar-refractivity contribution in [1.82, 2.24) is 25.4 Å². The number of H-pyrrole nitrogens is 1. The summed E-state index contributed by atoms with van der Waals surface area (Å²) in [5, 5.41) is 19.6. The number of hydrogen-bond acceptors (Lipinski definition) is 7. The molecule has 1 amide bonds. The van der Waals surface area contributed by atoms with E-state index < -0.39 is 29.8 Å². The molecular formula is C23H21F3N6O4. The van der Waals surface area contributed by atoms with E-state index in [0.29, 0.717) is 43.4 Å². The number of aromatic nitrogens is 3. The summed E-state index contributed by atoms with van der Waals surface area (Å²) in [6, 6.07) is 6.65. The number of carboxylic acid groups (broad SMARTS) is 1. The fraction of sp³-hybridized carbons (Fsp3) is 0.304. The molecule has 0 spiro atoms. The molecule has 0 aliphatic carbocycles. The van der Waals surface area contributed by atoms with Crippen LogP contribution in [-0.2, 0) is 24.1 Å². The Morgan fingerprint density at radius 1 is 1.19 bits per heavy atom. The Morgan fingerprint density at radius 2 is 2.03 bits per heavy atom. The number of carbonyl (C=O) groups is 2. The number of piperazine rings is 1. The van der Waals surface area contributed by atoms with E-state index in [1.54, 1.807) is 28.1 Å². The van der Waals surface area contributed by atoms with Gasteiger partial charge < -0.3 is 20.1 Å². The Labute approximate surface area is 202 Å². The van der Waals surface area contributed by atoms with Gasteiger partial charge >= 0.3 is 18.2 Å². The first-order chi connectivity index (χ1) is 17.2. The van der Waals surface area contributed by atoms with Crippen LogP contribution in [0.5, 0.6) is 5.75 Å². The number of halogens is 3. The average Bonchev–Trinajstić information content (AvgIpc) is 3.31. The molecule has 1 fully saturated rings. The Balaban J connectivity index is 1.32. The molecule has 2 aliphatic rings. The SMILES string of the molecule is O=C1NCc2cc(-c3[nH]ncc3CN3CCN(c4ccc(C(F)(F)F)cn4)C[C@H]3C(=O)O)ccc2O1. The van der Waals surface area contributed by atoms with E-state index in [4.69, 9.17) is 4.74 Å². The molecule has 13 heteroatoms. The smallest absolute Gasteiger partial charge is 0.417 e. The number of carbonyl (C=O) groups excluding carboxylic acids is 1. The quantitative estimate of drug-likeness (QED) is 0.487. The third-order valence-electron chi connectivity index (χ3n) is 6.24. The summed E-state index contributed by atoms with van der Waals surface area (Å²) in [6.45, 7) is 1.43. The van der Waals surface area contributed by atoms with Gasteiger partial charge in [-0.15, -0.1) is 0 Å². The molecule has 36 heavy (non-hydrogen) atoms. The zero-order valence-electron chi connectivity index (χ0n) is 18.7. The first-order valence-electron chi connectivity index (χ1n) is 11.1. The van der Waals surface area contributed by atoms with Gasteiger partial charge in [0.25, 0.3) is 0 Å². The zero-order chi connectivity index (χ0) is 25.4. The standard InChI is InChI=1S/C23H21F3N6O4/c24-23(25,26)16-2-4-19(27-10-16)32-6-5-31(17(12-32)21(33)34)11-15-9-29-30-20(15)13-1-3-18-14(7-13)8-28-22(35)36-18/h1-4,7,9-10,17H,5-6,8,11-12H2,(H,28,35)(H,29,30)(H,33,34)/t17-/m0/s1. The predicted octanol–water partition coefficient (Wildman–Crippen LogP) is 2.87. The van der Waals surface area contributed by atoms with Crippen molar-refractivity contribution in [2.45, 2.75) is 25.3 Å². The fourth-order valence-electron chi connectivity index (χ4n) is 4.37. The number of aliphatic carboxylic acids is 1. The topological polar surface area (TPSA) is 124 Å². The first kappa shape index (κ1) is 23.6. The number of nitrogens with zero attached hydrogens (tertiary/aromatic N) is 4. The molecule has 1 aromatic carbocycles. The van der Waals surface area contributed by atoms with Gasteiger partial charge in [0, 0.05) is 55.6 Å². The largest absolute Gasteiger partial charge is 0.480 e. The maximum absolute atomic E-state index is 12.8. The van der Waals surface area contributed by atoms with Crippen LogP contribution < -0.4 is 15.0 Å². The van der Waals surface area contributed by atoms with E-state index in [1.807, 2.05) is 6.07 Å². The minimum atomic E-state index is -4.49. The number of ether oxygens (including phenoxy) is 1. The summed E-state index contributed by atoms with van der Waals surface area (Å²) in [5.41, 5.74) is 2.24. The Hall–Kier alpha value is -4.13. The number of carboxylic acids is 1. The summed E-state index contributed by atoms with van der Waals surface area (Å²) < 4.78 is 43.7. The molecule has 1 atom stereocenters. The number of amides is 1. The first-order valence-corrected chi connectivity index (χ1v) is 11.1. The van der Waals surface area contributed by atoms with Gasteiger partial charge in [0.15, 0.2) is 0 Å². The molecule has 4 heterocycles. The van der Waals surface area contributed by atoms with Crippen molar-refractivity contribution in [3.8, 4) is 17.0 Å². The number of fused-ring (bicyclic) bond motifs is 1. The third-order valence-corrected chi connectivity index (χ3v) is 6.24. The van der Waals surface area contributed by atoms with E-state index in [0.717, 1.165) is 29.0 Å². The van der Waals surface area contributed by atoms with Crippen LogP contribution in [0.4, 0.5) is 23.8 Å². The lowest BCUT2D eigenvalue weighted by Gasteiger charge is -2.39. The predicted molar refractivity (Wildman–Crippen MR) is 120 cm³/mol.